The van der Waals surface area contributed by atoms with E-state index in [9.17, 15) is 13.6 Å². The number of amides is 2. The van der Waals surface area contributed by atoms with E-state index in [2.05, 4.69) is 20.7 Å². The molecule has 2 N–H and O–H groups in total. The number of ether oxygens (including phenoxy) is 1. The molecule has 34 heavy (non-hydrogen) atoms. The van der Waals surface area contributed by atoms with Gasteiger partial charge in [0, 0.05) is 17.3 Å². The Morgan fingerprint density at radius 3 is 2.59 bits per heavy atom. The van der Waals surface area contributed by atoms with E-state index in [-0.39, 0.29) is 11.7 Å². The van der Waals surface area contributed by atoms with Gasteiger partial charge in [-0.25, -0.2) is 18.3 Å². The molecule has 3 aromatic carbocycles. The summed E-state index contributed by atoms with van der Waals surface area (Å²) >= 11 is 12.2. The van der Waals surface area contributed by atoms with Gasteiger partial charge in [-0.3, -0.25) is 0 Å². The monoisotopic (exact) mass is 503 g/mol. The van der Waals surface area contributed by atoms with Gasteiger partial charge in [-0.1, -0.05) is 29.3 Å². The maximum atomic E-state index is 13.8. The lowest BCUT2D eigenvalue weighted by Crippen LogP contribution is -2.20. The molecule has 7 nitrogen and oxygen atoms in total. The summed E-state index contributed by atoms with van der Waals surface area (Å²) in [5.41, 5.74) is 1.45. The number of aromatic nitrogens is 3. The predicted octanol–water partition coefficient (Wildman–Crippen LogP) is 6.56. The third-order valence-corrected chi connectivity index (χ3v) is 5.31. The Bertz CT molecular complexity index is 1360. The van der Waals surface area contributed by atoms with Crippen molar-refractivity contribution in [2.45, 2.75) is 6.92 Å². The fourth-order valence-electron chi connectivity index (χ4n) is 3.08. The van der Waals surface area contributed by atoms with Crippen LogP contribution in [0.15, 0.2) is 60.7 Å². The molecule has 2 amide bonds. The van der Waals surface area contributed by atoms with Crippen molar-refractivity contribution in [1.29, 1.82) is 0 Å². The van der Waals surface area contributed by atoms with Crippen LogP contribution in [0.4, 0.5) is 25.0 Å². The minimum absolute atomic E-state index is 0.158. The summed E-state index contributed by atoms with van der Waals surface area (Å²) in [6, 6.07) is 14.1. The number of hydrogen-bond donors (Lipinski definition) is 2. The van der Waals surface area contributed by atoms with Gasteiger partial charge in [0.25, 0.3) is 0 Å². The Balaban J connectivity index is 1.62. The summed E-state index contributed by atoms with van der Waals surface area (Å²) in [6.45, 7) is 2.18. The van der Waals surface area contributed by atoms with Crippen molar-refractivity contribution in [3.8, 4) is 23.1 Å². The normalized spacial score (nSPS) is 10.7. The van der Waals surface area contributed by atoms with E-state index in [1.165, 1.54) is 4.68 Å². The number of carbonyl (C=O) groups is 1. The molecule has 0 atom stereocenters. The van der Waals surface area contributed by atoms with Crippen molar-refractivity contribution in [3.63, 3.8) is 0 Å². The van der Waals surface area contributed by atoms with Crippen LogP contribution in [0.2, 0.25) is 10.0 Å². The molecular weight excluding hydrogens is 487 g/mol. The van der Waals surface area contributed by atoms with E-state index in [1.807, 2.05) is 6.92 Å². The van der Waals surface area contributed by atoms with Crippen LogP contribution >= 0.6 is 23.2 Å². The molecule has 174 valence electrons. The van der Waals surface area contributed by atoms with Crippen LogP contribution in [0.3, 0.4) is 0 Å². The molecule has 4 rings (SSSR count). The summed E-state index contributed by atoms with van der Waals surface area (Å²) in [4.78, 5) is 16.8. The van der Waals surface area contributed by atoms with E-state index < -0.39 is 17.7 Å². The van der Waals surface area contributed by atoms with Crippen molar-refractivity contribution in [2.24, 2.45) is 0 Å². The van der Waals surface area contributed by atoms with Gasteiger partial charge in [-0.05, 0) is 55.5 Å². The highest BCUT2D eigenvalue weighted by Gasteiger charge is 2.16. The molecule has 0 saturated heterocycles. The van der Waals surface area contributed by atoms with E-state index in [4.69, 9.17) is 27.9 Å². The van der Waals surface area contributed by atoms with Gasteiger partial charge >= 0.3 is 12.0 Å². The zero-order chi connectivity index (χ0) is 24.2. The largest absolute Gasteiger partial charge is 0.463 e. The molecule has 4 aromatic rings. The highest BCUT2D eigenvalue weighted by molar-refractivity contribution is 6.42. The standard InChI is InChI=1S/C23H17Cl2F2N5O2/c1-2-34-23-30-21(13-6-8-17(24)18(25)10-13)32(31-23)16-5-3-4-15(12-16)28-22(33)29-20-9-7-14(26)11-19(20)27/h3-12H,2H2,1H3,(H2,28,29,33). The Hall–Kier alpha value is -3.69. The Kier molecular flexibility index (Phi) is 6.95. The summed E-state index contributed by atoms with van der Waals surface area (Å²) in [6.07, 6.45) is 0. The molecule has 1 heterocycles. The van der Waals surface area contributed by atoms with Crippen molar-refractivity contribution < 1.29 is 18.3 Å². The van der Waals surface area contributed by atoms with Crippen LogP contribution in [-0.2, 0) is 0 Å². The summed E-state index contributed by atoms with van der Waals surface area (Å²) in [5, 5.41) is 10.1. The van der Waals surface area contributed by atoms with Crippen molar-refractivity contribution in [1.82, 2.24) is 14.8 Å². The molecule has 0 saturated carbocycles. The van der Waals surface area contributed by atoms with E-state index in [0.717, 1.165) is 12.1 Å². The van der Waals surface area contributed by atoms with Crippen LogP contribution in [0.1, 0.15) is 6.92 Å². The van der Waals surface area contributed by atoms with Gasteiger partial charge in [-0.15, -0.1) is 5.10 Å². The van der Waals surface area contributed by atoms with Gasteiger partial charge in [0.1, 0.15) is 11.6 Å². The number of benzene rings is 3. The number of hydrogen-bond acceptors (Lipinski definition) is 4. The summed E-state index contributed by atoms with van der Waals surface area (Å²) < 4.78 is 33.9. The maximum absolute atomic E-state index is 13.8. The topological polar surface area (TPSA) is 81.1 Å². The van der Waals surface area contributed by atoms with Gasteiger partial charge in [0.2, 0.25) is 0 Å². The number of carbonyl (C=O) groups excluding carboxylic acids is 1. The zero-order valence-electron chi connectivity index (χ0n) is 17.7. The fraction of sp³-hybridized carbons (Fsp3) is 0.0870. The number of anilines is 2. The van der Waals surface area contributed by atoms with Gasteiger partial charge in [0.15, 0.2) is 5.82 Å². The van der Waals surface area contributed by atoms with E-state index in [0.29, 0.717) is 45.5 Å². The molecule has 0 aliphatic rings. The average Bonchev–Trinajstić information content (AvgIpc) is 3.22. The van der Waals surface area contributed by atoms with Gasteiger partial charge in [-0.2, -0.15) is 4.98 Å². The minimum atomic E-state index is -0.888. The Labute approximate surface area is 203 Å². The highest BCUT2D eigenvalue weighted by Crippen LogP contribution is 2.30. The molecule has 0 aliphatic heterocycles. The first-order valence-electron chi connectivity index (χ1n) is 10.0. The van der Waals surface area contributed by atoms with Crippen LogP contribution in [0.5, 0.6) is 6.01 Å². The molecular formula is C23H17Cl2F2N5O2. The number of halogens is 4. The van der Waals surface area contributed by atoms with Gasteiger partial charge < -0.3 is 15.4 Å². The minimum Gasteiger partial charge on any atom is -0.463 e. The molecule has 0 aliphatic carbocycles. The third-order valence-electron chi connectivity index (χ3n) is 4.57. The molecule has 0 fully saturated rings. The first-order valence-corrected chi connectivity index (χ1v) is 10.8. The van der Waals surface area contributed by atoms with Crippen LogP contribution in [-0.4, -0.2) is 27.4 Å². The highest BCUT2D eigenvalue weighted by atomic mass is 35.5. The lowest BCUT2D eigenvalue weighted by atomic mass is 10.2. The number of urea groups is 1. The van der Waals surface area contributed by atoms with E-state index in [1.54, 1.807) is 42.5 Å². The first kappa shape index (κ1) is 23.5. The maximum Gasteiger partial charge on any atom is 0.336 e. The molecule has 0 spiro atoms. The lowest BCUT2D eigenvalue weighted by molar-refractivity contribution is 0.262. The van der Waals surface area contributed by atoms with Crippen LogP contribution < -0.4 is 15.4 Å². The second-order valence-corrected chi connectivity index (χ2v) is 7.76. The van der Waals surface area contributed by atoms with Crippen LogP contribution in [0.25, 0.3) is 17.1 Å². The van der Waals surface area contributed by atoms with E-state index >= 15 is 0 Å². The van der Waals surface area contributed by atoms with Crippen molar-refractivity contribution in [2.75, 3.05) is 17.2 Å². The molecule has 0 unspecified atom stereocenters. The first-order chi connectivity index (χ1) is 16.3. The fourth-order valence-corrected chi connectivity index (χ4v) is 3.37. The molecule has 0 radical (unpaired) electrons. The molecule has 1 aromatic heterocycles. The van der Waals surface area contributed by atoms with Crippen molar-refractivity contribution in [3.05, 3.63) is 82.3 Å². The Morgan fingerprint density at radius 1 is 1.03 bits per heavy atom. The number of nitrogens with one attached hydrogen (secondary N) is 2. The number of nitrogens with zero attached hydrogens (tertiary/aromatic N) is 3. The number of rotatable bonds is 6. The summed E-state index contributed by atoms with van der Waals surface area (Å²) in [5.74, 6) is -1.19. The smallest absolute Gasteiger partial charge is 0.336 e. The third kappa shape index (κ3) is 5.27. The predicted molar refractivity (Wildman–Crippen MR) is 127 cm³/mol. The van der Waals surface area contributed by atoms with Gasteiger partial charge in [0.05, 0.1) is 28.0 Å². The molecule has 11 heteroatoms. The second-order valence-electron chi connectivity index (χ2n) is 6.95. The molecule has 0 bridgehead atoms. The zero-order valence-corrected chi connectivity index (χ0v) is 19.2. The lowest BCUT2D eigenvalue weighted by Gasteiger charge is -2.11. The Morgan fingerprint density at radius 2 is 1.85 bits per heavy atom. The average molecular weight is 504 g/mol. The van der Waals surface area contributed by atoms with Crippen LogP contribution in [0, 0.1) is 11.6 Å². The quantitative estimate of drug-likeness (QED) is 0.312. The van der Waals surface area contributed by atoms with Crippen molar-refractivity contribution >= 4 is 40.6 Å². The SMILES string of the molecule is CCOc1nc(-c2ccc(Cl)c(Cl)c2)n(-c2cccc(NC(=O)Nc3ccc(F)cc3F)c2)n1. The summed E-state index contributed by atoms with van der Waals surface area (Å²) in [7, 11) is 0. The second kappa shape index (κ2) is 10.1.